The third-order valence-corrected chi connectivity index (χ3v) is 4.34. The Morgan fingerprint density at radius 2 is 1.92 bits per heavy atom. The van der Waals surface area contributed by atoms with Crippen molar-refractivity contribution in [2.75, 3.05) is 6.54 Å². The van der Waals surface area contributed by atoms with E-state index in [-0.39, 0.29) is 17.1 Å². The number of ether oxygens (including phenoxy) is 1. The van der Waals surface area contributed by atoms with E-state index in [0.29, 0.717) is 13.0 Å². The number of hydrogen-bond donors (Lipinski definition) is 1. The molecule has 0 aromatic heterocycles. The van der Waals surface area contributed by atoms with Crippen molar-refractivity contribution in [3.05, 3.63) is 64.7 Å². The average Bonchev–Trinajstić information content (AvgIpc) is 2.96. The van der Waals surface area contributed by atoms with Crippen molar-refractivity contribution >= 4 is 5.91 Å². The first-order chi connectivity index (χ1) is 11.7. The first-order valence-corrected chi connectivity index (χ1v) is 8.27. The first-order valence-electron chi connectivity index (χ1n) is 8.27. The number of carbonyl (C=O) groups excluding carboxylic acids is 1. The third-order valence-electron chi connectivity index (χ3n) is 4.34. The molecule has 0 aliphatic carbocycles. The molecule has 1 heterocycles. The van der Waals surface area contributed by atoms with Gasteiger partial charge >= 0.3 is 0 Å². The van der Waals surface area contributed by atoms with Crippen molar-refractivity contribution in [2.45, 2.75) is 38.7 Å². The fourth-order valence-corrected chi connectivity index (χ4v) is 2.85. The summed E-state index contributed by atoms with van der Waals surface area (Å²) in [5.74, 6) is -1.62. The molecule has 25 heavy (non-hydrogen) atoms. The maximum absolute atomic E-state index is 13.2. The molecule has 1 atom stereocenters. The quantitative estimate of drug-likeness (QED) is 0.913. The Hall–Kier alpha value is -2.43. The molecule has 3 nitrogen and oxygen atoms in total. The number of hydrogen-bond acceptors (Lipinski definition) is 2. The third kappa shape index (κ3) is 3.81. The molecule has 1 unspecified atom stereocenters. The van der Waals surface area contributed by atoms with Crippen LogP contribution in [0.25, 0.3) is 0 Å². The van der Waals surface area contributed by atoms with Crippen LogP contribution in [0.15, 0.2) is 36.4 Å². The fourth-order valence-electron chi connectivity index (χ4n) is 2.85. The number of benzene rings is 2. The van der Waals surface area contributed by atoms with Crippen LogP contribution in [0, 0.1) is 11.6 Å². The van der Waals surface area contributed by atoms with E-state index in [4.69, 9.17) is 4.74 Å². The van der Waals surface area contributed by atoms with Crippen molar-refractivity contribution in [3.63, 3.8) is 0 Å². The highest BCUT2D eigenvalue weighted by Crippen LogP contribution is 2.33. The molecule has 1 aliphatic heterocycles. The molecule has 5 heteroatoms. The van der Waals surface area contributed by atoms with Crippen molar-refractivity contribution in [1.29, 1.82) is 0 Å². The lowest BCUT2D eigenvalue weighted by Crippen LogP contribution is -2.34. The van der Waals surface area contributed by atoms with Gasteiger partial charge in [0.05, 0.1) is 6.54 Å². The van der Waals surface area contributed by atoms with E-state index in [1.807, 2.05) is 6.07 Å². The van der Waals surface area contributed by atoms with Gasteiger partial charge in [-0.05, 0) is 40.8 Å². The molecule has 0 saturated heterocycles. The zero-order valence-corrected chi connectivity index (χ0v) is 14.5. The minimum Gasteiger partial charge on any atom is -0.488 e. The van der Waals surface area contributed by atoms with Crippen LogP contribution in [0.1, 0.15) is 42.3 Å². The Balaban J connectivity index is 1.61. The molecule has 2 aromatic carbocycles. The number of carbonyl (C=O) groups is 1. The molecule has 132 valence electrons. The van der Waals surface area contributed by atoms with Gasteiger partial charge in [-0.25, -0.2) is 8.78 Å². The molecular formula is C20H21F2NO2. The zero-order chi connectivity index (χ0) is 18.2. The maximum atomic E-state index is 13.2. The van der Waals surface area contributed by atoms with E-state index < -0.39 is 17.5 Å². The van der Waals surface area contributed by atoms with E-state index in [1.165, 1.54) is 11.6 Å². The summed E-state index contributed by atoms with van der Waals surface area (Å²) in [6.07, 6.45) is 0.539. The van der Waals surface area contributed by atoms with Gasteiger partial charge < -0.3 is 10.1 Å². The minimum absolute atomic E-state index is 0.0635. The zero-order valence-electron chi connectivity index (χ0n) is 14.5. The monoisotopic (exact) mass is 345 g/mol. The molecule has 3 rings (SSSR count). The molecule has 0 fully saturated rings. The smallest absolute Gasteiger partial charge is 0.251 e. The lowest BCUT2D eigenvalue weighted by Gasteiger charge is -2.19. The van der Waals surface area contributed by atoms with E-state index in [2.05, 4.69) is 38.2 Å². The summed E-state index contributed by atoms with van der Waals surface area (Å²) in [5, 5.41) is 2.71. The molecule has 0 bridgehead atoms. The Morgan fingerprint density at radius 3 is 2.60 bits per heavy atom. The van der Waals surface area contributed by atoms with E-state index >= 15 is 0 Å². The standard InChI is InChI=1S/C20H21F2NO2/c1-20(2,3)14-5-7-18-13(8-14)9-15(25-18)11-23-19(24)12-4-6-16(21)17(22)10-12/h4-8,10,15H,9,11H2,1-3H3,(H,23,24). The predicted molar refractivity (Wildman–Crippen MR) is 92.0 cm³/mol. The summed E-state index contributed by atoms with van der Waals surface area (Å²) in [4.78, 5) is 12.1. The van der Waals surface area contributed by atoms with Crippen molar-refractivity contribution in [3.8, 4) is 5.75 Å². The van der Waals surface area contributed by atoms with Gasteiger partial charge in [0.15, 0.2) is 11.6 Å². The summed E-state index contributed by atoms with van der Waals surface area (Å²) in [5.41, 5.74) is 2.51. The van der Waals surface area contributed by atoms with Crippen molar-refractivity contribution < 1.29 is 18.3 Å². The van der Waals surface area contributed by atoms with Crippen LogP contribution in [0.4, 0.5) is 8.78 Å². The second-order valence-corrected chi connectivity index (χ2v) is 7.36. The Kier molecular flexibility index (Phi) is 4.50. The van der Waals surface area contributed by atoms with E-state index in [1.54, 1.807) is 0 Å². The molecular weight excluding hydrogens is 324 g/mol. The molecule has 0 saturated carbocycles. The summed E-state index contributed by atoms with van der Waals surface area (Å²) in [6, 6.07) is 9.26. The fraction of sp³-hybridized carbons (Fsp3) is 0.350. The van der Waals surface area contributed by atoms with Gasteiger partial charge in [-0.3, -0.25) is 4.79 Å². The van der Waals surface area contributed by atoms with Crippen LogP contribution in [-0.4, -0.2) is 18.6 Å². The number of nitrogens with one attached hydrogen (secondary N) is 1. The Labute approximate surface area is 146 Å². The second kappa shape index (κ2) is 6.47. The summed E-state index contributed by atoms with van der Waals surface area (Å²) in [7, 11) is 0. The van der Waals surface area contributed by atoms with Gasteiger partial charge in [-0.2, -0.15) is 0 Å². The lowest BCUT2D eigenvalue weighted by molar-refractivity contribution is 0.0933. The van der Waals surface area contributed by atoms with Crippen LogP contribution in [0.5, 0.6) is 5.75 Å². The maximum Gasteiger partial charge on any atom is 0.251 e. The van der Waals surface area contributed by atoms with Crippen LogP contribution in [0.3, 0.4) is 0 Å². The second-order valence-electron chi connectivity index (χ2n) is 7.36. The minimum atomic E-state index is -1.04. The van der Waals surface area contributed by atoms with Crippen molar-refractivity contribution in [2.24, 2.45) is 0 Å². The van der Waals surface area contributed by atoms with Crippen LogP contribution >= 0.6 is 0 Å². The molecule has 1 N–H and O–H groups in total. The van der Waals surface area contributed by atoms with E-state index in [0.717, 1.165) is 23.4 Å². The molecule has 2 aromatic rings. The summed E-state index contributed by atoms with van der Waals surface area (Å²) < 4.78 is 32.0. The number of halogens is 2. The van der Waals surface area contributed by atoms with Gasteiger partial charge in [0.1, 0.15) is 11.9 Å². The summed E-state index contributed by atoms with van der Waals surface area (Å²) >= 11 is 0. The Bertz CT molecular complexity index is 812. The summed E-state index contributed by atoms with van der Waals surface area (Å²) in [6.45, 7) is 6.77. The first kappa shape index (κ1) is 17.4. The van der Waals surface area contributed by atoms with Gasteiger partial charge in [-0.15, -0.1) is 0 Å². The van der Waals surface area contributed by atoms with Gasteiger partial charge in [0.2, 0.25) is 0 Å². The Morgan fingerprint density at radius 1 is 1.16 bits per heavy atom. The number of rotatable bonds is 3. The van der Waals surface area contributed by atoms with E-state index in [9.17, 15) is 13.6 Å². The average molecular weight is 345 g/mol. The van der Waals surface area contributed by atoms with Crippen molar-refractivity contribution in [1.82, 2.24) is 5.32 Å². The molecule has 1 amide bonds. The van der Waals surface area contributed by atoms with Gasteiger partial charge in [-0.1, -0.05) is 32.9 Å². The highest BCUT2D eigenvalue weighted by atomic mass is 19.2. The molecule has 0 spiro atoms. The van der Waals surface area contributed by atoms with Crippen LogP contribution in [-0.2, 0) is 11.8 Å². The molecule has 1 aliphatic rings. The SMILES string of the molecule is CC(C)(C)c1ccc2c(c1)CC(CNC(=O)c1ccc(F)c(F)c1)O2. The van der Waals surface area contributed by atoms with Crippen LogP contribution < -0.4 is 10.1 Å². The lowest BCUT2D eigenvalue weighted by atomic mass is 9.86. The number of fused-ring (bicyclic) bond motifs is 1. The number of amides is 1. The van der Waals surface area contributed by atoms with Gasteiger partial charge in [0.25, 0.3) is 5.91 Å². The van der Waals surface area contributed by atoms with Gasteiger partial charge in [0, 0.05) is 12.0 Å². The predicted octanol–water partition coefficient (Wildman–Crippen LogP) is 4.00. The highest BCUT2D eigenvalue weighted by molar-refractivity contribution is 5.94. The molecule has 0 radical (unpaired) electrons. The largest absolute Gasteiger partial charge is 0.488 e. The normalized spacial score (nSPS) is 16.3. The van der Waals surface area contributed by atoms with Crippen LogP contribution in [0.2, 0.25) is 0 Å². The highest BCUT2D eigenvalue weighted by Gasteiger charge is 2.25. The topological polar surface area (TPSA) is 38.3 Å².